The van der Waals surface area contributed by atoms with E-state index in [0.717, 1.165) is 12.2 Å². The van der Waals surface area contributed by atoms with Gasteiger partial charge in [-0.25, -0.2) is 0 Å². The van der Waals surface area contributed by atoms with Gasteiger partial charge in [-0.2, -0.15) is 0 Å². The largest absolute Gasteiger partial charge is 0.322 e. The van der Waals surface area contributed by atoms with Crippen LogP contribution in [0, 0.1) is 4.91 Å². The molecule has 0 aliphatic rings. The number of allylic oxidation sites excluding steroid dienone is 1. The normalized spacial score (nSPS) is 10.9. The summed E-state index contributed by atoms with van der Waals surface area (Å²) in [6, 6.07) is 0. The van der Waals surface area contributed by atoms with Crippen molar-refractivity contribution in [1.82, 2.24) is 4.90 Å². The fourth-order valence-corrected chi connectivity index (χ4v) is 2.14. The maximum atomic E-state index is 11.8. The van der Waals surface area contributed by atoms with Crippen LogP contribution in [0.5, 0.6) is 0 Å². The quantitative estimate of drug-likeness (QED) is 0.383. The molecule has 0 saturated heterocycles. The highest BCUT2D eigenvalue weighted by Crippen LogP contribution is 2.27. The summed E-state index contributed by atoms with van der Waals surface area (Å²) in [6.07, 6.45) is 2.70. The van der Waals surface area contributed by atoms with Crippen molar-refractivity contribution in [2.75, 3.05) is 19.5 Å². The van der Waals surface area contributed by atoms with Gasteiger partial charge in [0.05, 0.1) is 4.75 Å². The van der Waals surface area contributed by atoms with Crippen LogP contribution in [0.15, 0.2) is 17.8 Å². The smallest absolute Gasteiger partial charge is 0.239 e. The molecule has 0 aromatic carbocycles. The number of carbonyl (C=O) groups excluding carboxylic acids is 1. The van der Waals surface area contributed by atoms with E-state index >= 15 is 0 Å². The predicted octanol–water partition coefficient (Wildman–Crippen LogP) is 2.26. The number of hydrogen-bond acceptors (Lipinski definition) is 4. The Hall–Kier alpha value is -0.840. The second-order valence-electron chi connectivity index (χ2n) is 3.71. The van der Waals surface area contributed by atoms with Crippen LogP contribution in [-0.2, 0) is 4.79 Å². The van der Waals surface area contributed by atoms with E-state index in [1.807, 2.05) is 19.9 Å². The molecular formula is C10H18N2O2S. The molecule has 0 spiro atoms. The molecule has 0 heterocycles. The Morgan fingerprint density at radius 1 is 1.60 bits per heavy atom. The third kappa shape index (κ3) is 4.97. The van der Waals surface area contributed by atoms with E-state index in [1.165, 1.54) is 4.90 Å². The van der Waals surface area contributed by atoms with Crippen molar-refractivity contribution in [3.63, 3.8) is 0 Å². The molecule has 86 valence electrons. The second-order valence-corrected chi connectivity index (χ2v) is 5.43. The van der Waals surface area contributed by atoms with E-state index in [4.69, 9.17) is 0 Å². The fourth-order valence-electron chi connectivity index (χ4n) is 1.07. The van der Waals surface area contributed by atoms with Gasteiger partial charge >= 0.3 is 0 Å². The Morgan fingerprint density at radius 3 is 2.67 bits per heavy atom. The number of carbonyl (C=O) groups is 1. The Morgan fingerprint density at radius 2 is 2.20 bits per heavy atom. The standard InChI is InChI=1S/C10H18N2O2S/c1-5-6-7-15-10(2,3)9(13)12(4)8-11-14/h5H,1,6-8H2,2-4H3. The lowest BCUT2D eigenvalue weighted by Crippen LogP contribution is -2.41. The van der Waals surface area contributed by atoms with Crippen molar-refractivity contribution in [2.45, 2.75) is 25.0 Å². The van der Waals surface area contributed by atoms with Gasteiger partial charge in [-0.3, -0.25) is 4.79 Å². The molecular weight excluding hydrogens is 212 g/mol. The molecule has 5 heteroatoms. The average Bonchev–Trinajstić information content (AvgIpc) is 2.17. The Bertz CT molecular complexity index is 242. The minimum absolute atomic E-state index is 0.0730. The van der Waals surface area contributed by atoms with Crippen molar-refractivity contribution >= 4 is 17.7 Å². The molecule has 0 N–H and O–H groups in total. The summed E-state index contributed by atoms with van der Waals surface area (Å²) in [6.45, 7) is 7.23. The van der Waals surface area contributed by atoms with E-state index in [0.29, 0.717) is 0 Å². The molecule has 0 aromatic rings. The molecule has 4 nitrogen and oxygen atoms in total. The lowest BCUT2D eigenvalue weighted by molar-refractivity contribution is -0.131. The molecule has 0 atom stereocenters. The Kier molecular flexibility index (Phi) is 6.24. The molecule has 0 aromatic heterocycles. The summed E-state index contributed by atoms with van der Waals surface area (Å²) in [5.74, 6) is 0.779. The number of thioether (sulfide) groups is 1. The topological polar surface area (TPSA) is 49.7 Å². The molecule has 0 saturated carbocycles. The third-order valence-electron chi connectivity index (χ3n) is 1.92. The van der Waals surface area contributed by atoms with Crippen LogP contribution in [0.25, 0.3) is 0 Å². The van der Waals surface area contributed by atoms with Crippen LogP contribution >= 0.6 is 11.8 Å². The monoisotopic (exact) mass is 230 g/mol. The molecule has 0 bridgehead atoms. The molecule has 15 heavy (non-hydrogen) atoms. The molecule has 0 radical (unpaired) electrons. The fraction of sp³-hybridized carbons (Fsp3) is 0.700. The van der Waals surface area contributed by atoms with Gasteiger partial charge in [0.1, 0.15) is 0 Å². The van der Waals surface area contributed by atoms with E-state index in [2.05, 4.69) is 11.8 Å². The summed E-state index contributed by atoms with van der Waals surface area (Å²) >= 11 is 1.56. The van der Waals surface area contributed by atoms with Crippen molar-refractivity contribution in [3.05, 3.63) is 17.6 Å². The zero-order valence-electron chi connectivity index (χ0n) is 9.52. The van der Waals surface area contributed by atoms with Gasteiger partial charge in [-0.05, 0) is 31.2 Å². The van der Waals surface area contributed by atoms with Gasteiger partial charge in [0.15, 0.2) is 6.67 Å². The zero-order chi connectivity index (χ0) is 11.9. The SMILES string of the molecule is C=CCCSC(C)(C)C(=O)N(C)CN=O. The molecule has 0 aliphatic carbocycles. The first-order chi connectivity index (χ1) is 6.95. The van der Waals surface area contributed by atoms with E-state index in [9.17, 15) is 9.70 Å². The zero-order valence-corrected chi connectivity index (χ0v) is 10.3. The number of amides is 1. The second kappa shape index (κ2) is 6.61. The first-order valence-corrected chi connectivity index (χ1v) is 5.73. The Labute approximate surface area is 95.1 Å². The number of nitrogens with zero attached hydrogens (tertiary/aromatic N) is 2. The van der Waals surface area contributed by atoms with Crippen LogP contribution in [0.2, 0.25) is 0 Å². The van der Waals surface area contributed by atoms with Crippen molar-refractivity contribution < 1.29 is 4.79 Å². The highest BCUT2D eigenvalue weighted by molar-refractivity contribution is 8.01. The minimum atomic E-state index is -0.511. The van der Waals surface area contributed by atoms with Crippen LogP contribution in [-0.4, -0.2) is 35.0 Å². The summed E-state index contributed by atoms with van der Waals surface area (Å²) in [5.41, 5.74) is 0. The summed E-state index contributed by atoms with van der Waals surface area (Å²) in [4.78, 5) is 23.2. The van der Waals surface area contributed by atoms with Gasteiger partial charge in [-0.15, -0.1) is 23.2 Å². The number of rotatable bonds is 7. The van der Waals surface area contributed by atoms with E-state index in [-0.39, 0.29) is 12.6 Å². The Balaban J connectivity index is 4.23. The van der Waals surface area contributed by atoms with Crippen molar-refractivity contribution in [3.8, 4) is 0 Å². The van der Waals surface area contributed by atoms with Crippen LogP contribution in [0.4, 0.5) is 0 Å². The van der Waals surface area contributed by atoms with Crippen LogP contribution in [0.3, 0.4) is 0 Å². The van der Waals surface area contributed by atoms with Crippen molar-refractivity contribution in [2.24, 2.45) is 5.18 Å². The highest BCUT2D eigenvalue weighted by atomic mass is 32.2. The van der Waals surface area contributed by atoms with E-state index in [1.54, 1.807) is 18.8 Å². The first-order valence-electron chi connectivity index (χ1n) is 4.75. The minimum Gasteiger partial charge on any atom is -0.322 e. The number of hydrogen-bond donors (Lipinski definition) is 0. The molecule has 0 aliphatic heterocycles. The maximum Gasteiger partial charge on any atom is 0.239 e. The van der Waals surface area contributed by atoms with Crippen molar-refractivity contribution in [1.29, 1.82) is 0 Å². The highest BCUT2D eigenvalue weighted by Gasteiger charge is 2.30. The third-order valence-corrected chi connectivity index (χ3v) is 3.25. The van der Waals surface area contributed by atoms with Gasteiger partial charge < -0.3 is 4.90 Å². The maximum absolute atomic E-state index is 11.8. The number of nitroso groups, excluding NO2 is 1. The van der Waals surface area contributed by atoms with Gasteiger partial charge in [-0.1, -0.05) is 6.08 Å². The lowest BCUT2D eigenvalue weighted by atomic mass is 10.2. The predicted molar refractivity (Wildman–Crippen MR) is 64.8 cm³/mol. The van der Waals surface area contributed by atoms with Gasteiger partial charge in [0.2, 0.25) is 5.91 Å². The lowest BCUT2D eigenvalue weighted by Gasteiger charge is -2.27. The van der Waals surface area contributed by atoms with Gasteiger partial charge in [0.25, 0.3) is 0 Å². The van der Waals surface area contributed by atoms with Crippen LogP contribution in [0.1, 0.15) is 20.3 Å². The van der Waals surface area contributed by atoms with Crippen LogP contribution < -0.4 is 0 Å². The molecule has 1 amide bonds. The van der Waals surface area contributed by atoms with Gasteiger partial charge in [0, 0.05) is 7.05 Å². The molecule has 0 fully saturated rings. The molecule has 0 rings (SSSR count). The average molecular weight is 230 g/mol. The first kappa shape index (κ1) is 14.2. The molecule has 0 unspecified atom stereocenters. The summed E-state index contributed by atoms with van der Waals surface area (Å²) < 4.78 is -0.511. The summed E-state index contributed by atoms with van der Waals surface area (Å²) in [7, 11) is 1.58. The van der Waals surface area contributed by atoms with E-state index < -0.39 is 4.75 Å². The summed E-state index contributed by atoms with van der Waals surface area (Å²) in [5, 5.41) is 2.70.